The van der Waals surface area contributed by atoms with Crippen LogP contribution >= 0.6 is 0 Å². The zero-order chi connectivity index (χ0) is 18.4. The molecule has 25 heavy (non-hydrogen) atoms. The molecule has 0 saturated heterocycles. The smallest absolute Gasteiger partial charge is 0.238 e. The lowest BCUT2D eigenvalue weighted by Gasteiger charge is -2.14. The van der Waals surface area contributed by atoms with Gasteiger partial charge in [0.05, 0.1) is 23.3 Å². The number of ether oxygens (including phenoxy) is 1. The van der Waals surface area contributed by atoms with Crippen molar-refractivity contribution >= 4 is 15.7 Å². The van der Waals surface area contributed by atoms with Crippen LogP contribution in [0.4, 0.5) is 5.69 Å². The largest absolute Gasteiger partial charge is 0.497 e. The van der Waals surface area contributed by atoms with Gasteiger partial charge >= 0.3 is 0 Å². The van der Waals surface area contributed by atoms with E-state index in [1.165, 1.54) is 17.7 Å². The Balaban J connectivity index is 2.00. The third-order valence-corrected chi connectivity index (χ3v) is 4.93. The van der Waals surface area contributed by atoms with Crippen molar-refractivity contribution in [1.82, 2.24) is 0 Å². The number of rotatable bonds is 7. The topological polar surface area (TPSA) is 105 Å². The van der Waals surface area contributed by atoms with Crippen LogP contribution < -0.4 is 15.2 Å². The number of anilines is 1. The van der Waals surface area contributed by atoms with Crippen molar-refractivity contribution in [2.24, 2.45) is 5.14 Å². The summed E-state index contributed by atoms with van der Waals surface area (Å²) >= 11 is 0. The van der Waals surface area contributed by atoms with E-state index < -0.39 is 10.0 Å². The Morgan fingerprint density at radius 2 is 1.92 bits per heavy atom. The third-order valence-electron chi connectivity index (χ3n) is 4.02. The van der Waals surface area contributed by atoms with Gasteiger partial charge in [-0.15, -0.1) is 0 Å². The summed E-state index contributed by atoms with van der Waals surface area (Å²) in [5.74, 6) is 1.15. The number of hydrogen-bond acceptors (Lipinski definition) is 5. The van der Waals surface area contributed by atoms with Gasteiger partial charge in [0.25, 0.3) is 0 Å². The third kappa shape index (κ3) is 4.95. The number of primary sulfonamides is 1. The molecule has 0 aliphatic heterocycles. The zero-order valence-corrected chi connectivity index (χ0v) is 15.0. The predicted octanol–water partition coefficient (Wildman–Crippen LogP) is 2.82. The predicted molar refractivity (Wildman–Crippen MR) is 97.0 cm³/mol. The molecule has 132 valence electrons. The van der Waals surface area contributed by atoms with Crippen LogP contribution in [0.3, 0.4) is 0 Å². The van der Waals surface area contributed by atoms with Gasteiger partial charge in [-0.25, -0.2) is 13.6 Å². The molecule has 3 N–H and O–H groups in total. The second-order valence-electron chi connectivity index (χ2n) is 5.75. The molecular weight excluding hydrogens is 338 g/mol. The van der Waals surface area contributed by atoms with Crippen molar-refractivity contribution < 1.29 is 13.2 Å². The summed E-state index contributed by atoms with van der Waals surface area (Å²) in [6.07, 6.45) is 0.855. The molecule has 0 aliphatic rings. The fraction of sp³-hybridized carbons (Fsp3) is 0.278. The molecule has 0 aromatic heterocycles. The first kappa shape index (κ1) is 18.8. The van der Waals surface area contributed by atoms with Crippen LogP contribution in [0, 0.1) is 11.3 Å². The van der Waals surface area contributed by atoms with Crippen LogP contribution in [0.2, 0.25) is 0 Å². The lowest BCUT2D eigenvalue weighted by molar-refractivity contribution is 0.414. The number of sulfonamides is 1. The molecule has 0 bridgehead atoms. The van der Waals surface area contributed by atoms with E-state index in [0.717, 1.165) is 12.2 Å². The van der Waals surface area contributed by atoms with Crippen molar-refractivity contribution in [2.75, 3.05) is 19.0 Å². The number of hydrogen-bond donors (Lipinski definition) is 2. The minimum Gasteiger partial charge on any atom is -0.497 e. The molecule has 2 aromatic rings. The quantitative estimate of drug-likeness (QED) is 0.791. The van der Waals surface area contributed by atoms with Crippen LogP contribution in [-0.4, -0.2) is 22.1 Å². The van der Waals surface area contributed by atoms with Gasteiger partial charge in [-0.3, -0.25) is 0 Å². The highest BCUT2D eigenvalue weighted by Crippen LogP contribution is 2.23. The van der Waals surface area contributed by atoms with E-state index in [-0.39, 0.29) is 10.5 Å². The molecule has 2 rings (SSSR count). The minimum absolute atomic E-state index is 0.0683. The molecule has 0 saturated carbocycles. The van der Waals surface area contributed by atoms with Crippen molar-refractivity contribution in [3.05, 3.63) is 53.6 Å². The fourth-order valence-corrected chi connectivity index (χ4v) is 3.01. The summed E-state index contributed by atoms with van der Waals surface area (Å²) in [5, 5.41) is 17.5. The first-order valence-electron chi connectivity index (χ1n) is 7.80. The number of benzene rings is 2. The molecule has 0 amide bonds. The van der Waals surface area contributed by atoms with Gasteiger partial charge in [-0.1, -0.05) is 19.1 Å². The standard InChI is InChI=1S/C18H21N3O3S/c1-13(14-3-5-16(24-2)6-4-14)9-10-21-18-8-7-17(25(20,22)23)11-15(18)12-19/h3-8,11,13,21H,9-10H2,1-2H3,(H2,20,22,23). The summed E-state index contributed by atoms with van der Waals surface area (Å²) in [7, 11) is -2.18. The molecule has 0 spiro atoms. The number of nitriles is 1. The van der Waals surface area contributed by atoms with Crippen LogP contribution in [0.25, 0.3) is 0 Å². The molecule has 0 fully saturated rings. The first-order valence-corrected chi connectivity index (χ1v) is 9.34. The molecule has 0 radical (unpaired) electrons. The highest BCUT2D eigenvalue weighted by atomic mass is 32.2. The molecular formula is C18H21N3O3S. The van der Waals surface area contributed by atoms with E-state index >= 15 is 0 Å². The van der Waals surface area contributed by atoms with Gasteiger partial charge in [0, 0.05) is 6.54 Å². The summed E-state index contributed by atoms with van der Waals surface area (Å²) in [4.78, 5) is -0.0683. The second-order valence-corrected chi connectivity index (χ2v) is 7.32. The van der Waals surface area contributed by atoms with E-state index in [9.17, 15) is 13.7 Å². The van der Waals surface area contributed by atoms with Gasteiger partial charge in [0.2, 0.25) is 10.0 Å². The average Bonchev–Trinajstić information content (AvgIpc) is 2.61. The first-order chi connectivity index (χ1) is 11.8. The Kier molecular flexibility index (Phi) is 6.02. The van der Waals surface area contributed by atoms with Crippen LogP contribution in [0.5, 0.6) is 5.75 Å². The fourth-order valence-electron chi connectivity index (χ4n) is 2.47. The minimum atomic E-state index is -3.82. The van der Waals surface area contributed by atoms with Crippen LogP contribution in [-0.2, 0) is 10.0 Å². The molecule has 2 aromatic carbocycles. The average molecular weight is 359 g/mol. The normalized spacial score (nSPS) is 12.2. The van der Waals surface area contributed by atoms with E-state index in [0.29, 0.717) is 18.2 Å². The number of nitrogens with zero attached hydrogens (tertiary/aromatic N) is 1. The monoisotopic (exact) mass is 359 g/mol. The van der Waals surface area contributed by atoms with E-state index in [1.807, 2.05) is 30.3 Å². The summed E-state index contributed by atoms with van der Waals surface area (Å²) in [5.41, 5.74) is 2.05. The highest BCUT2D eigenvalue weighted by Gasteiger charge is 2.12. The Morgan fingerprint density at radius 1 is 1.24 bits per heavy atom. The van der Waals surface area contributed by atoms with Gasteiger partial charge in [0.15, 0.2) is 0 Å². The summed E-state index contributed by atoms with van der Waals surface area (Å²) in [6.45, 7) is 2.77. The lowest BCUT2D eigenvalue weighted by Crippen LogP contribution is -2.13. The molecule has 7 heteroatoms. The highest BCUT2D eigenvalue weighted by molar-refractivity contribution is 7.89. The second kappa shape index (κ2) is 8.01. The maximum atomic E-state index is 11.4. The van der Waals surface area contributed by atoms with Gasteiger partial charge in [-0.05, 0) is 48.2 Å². The Hall–Kier alpha value is -2.56. The Bertz CT molecular complexity index is 871. The van der Waals surface area contributed by atoms with E-state index in [4.69, 9.17) is 9.88 Å². The maximum absolute atomic E-state index is 11.4. The number of nitrogens with two attached hydrogens (primary N) is 1. The maximum Gasteiger partial charge on any atom is 0.238 e. The molecule has 0 aliphatic carbocycles. The number of nitrogens with one attached hydrogen (secondary N) is 1. The van der Waals surface area contributed by atoms with Gasteiger partial charge in [-0.2, -0.15) is 5.26 Å². The van der Waals surface area contributed by atoms with Crippen LogP contribution in [0.15, 0.2) is 47.4 Å². The Labute approximate surface area is 148 Å². The van der Waals surface area contributed by atoms with Crippen molar-refractivity contribution in [1.29, 1.82) is 5.26 Å². The van der Waals surface area contributed by atoms with Crippen molar-refractivity contribution in [3.8, 4) is 11.8 Å². The molecule has 1 atom stereocenters. The summed E-state index contributed by atoms with van der Waals surface area (Å²) in [6, 6.07) is 14.2. The lowest BCUT2D eigenvalue weighted by atomic mass is 9.97. The number of methoxy groups -OCH3 is 1. The van der Waals surface area contributed by atoms with E-state index in [2.05, 4.69) is 12.2 Å². The van der Waals surface area contributed by atoms with Gasteiger partial charge in [0.1, 0.15) is 11.8 Å². The summed E-state index contributed by atoms with van der Waals surface area (Å²) < 4.78 is 27.9. The zero-order valence-electron chi connectivity index (χ0n) is 14.2. The van der Waals surface area contributed by atoms with Crippen molar-refractivity contribution in [3.63, 3.8) is 0 Å². The SMILES string of the molecule is COc1ccc(C(C)CCNc2ccc(S(N)(=O)=O)cc2C#N)cc1. The Morgan fingerprint density at radius 3 is 2.48 bits per heavy atom. The molecule has 6 nitrogen and oxygen atoms in total. The van der Waals surface area contributed by atoms with Gasteiger partial charge < -0.3 is 10.1 Å². The molecule has 1 unspecified atom stereocenters. The van der Waals surface area contributed by atoms with Crippen molar-refractivity contribution in [2.45, 2.75) is 24.2 Å². The van der Waals surface area contributed by atoms with E-state index in [1.54, 1.807) is 13.2 Å². The van der Waals surface area contributed by atoms with Crippen LogP contribution in [0.1, 0.15) is 30.4 Å². The molecule has 0 heterocycles.